The second-order valence-corrected chi connectivity index (χ2v) is 7.44. The van der Waals surface area contributed by atoms with E-state index >= 15 is 0 Å². The first-order valence-electron chi connectivity index (χ1n) is 9.35. The van der Waals surface area contributed by atoms with Gasteiger partial charge < -0.3 is 9.64 Å². The van der Waals surface area contributed by atoms with Crippen LogP contribution >= 0.6 is 11.6 Å². The lowest BCUT2D eigenvalue weighted by Crippen LogP contribution is -2.24. The third-order valence-electron chi connectivity index (χ3n) is 4.99. The number of fused-ring (bicyclic) bond motifs is 1. The Hall–Kier alpha value is -1.84. The first kappa shape index (κ1) is 18.9. The summed E-state index contributed by atoms with van der Waals surface area (Å²) in [7, 11) is 2.15. The monoisotopic (exact) mass is 371 g/mol. The molecule has 26 heavy (non-hydrogen) atoms. The van der Waals surface area contributed by atoms with Gasteiger partial charge in [-0.05, 0) is 48.7 Å². The summed E-state index contributed by atoms with van der Waals surface area (Å²) in [6, 6.07) is 14.5. The van der Waals surface area contributed by atoms with Gasteiger partial charge in [0, 0.05) is 25.4 Å². The van der Waals surface area contributed by atoms with E-state index < -0.39 is 0 Å². The topological polar surface area (TPSA) is 29.5 Å². The van der Waals surface area contributed by atoms with Crippen molar-refractivity contribution < 1.29 is 9.53 Å². The number of hydrogen-bond acceptors (Lipinski definition) is 3. The number of carbonyl (C=O) groups is 1. The molecule has 0 saturated heterocycles. The van der Waals surface area contributed by atoms with E-state index in [2.05, 4.69) is 43.1 Å². The molecular weight excluding hydrogens is 346 g/mol. The molecule has 0 fully saturated rings. The number of benzene rings is 2. The van der Waals surface area contributed by atoms with E-state index in [1.807, 2.05) is 18.2 Å². The van der Waals surface area contributed by atoms with Gasteiger partial charge in [0.25, 0.3) is 0 Å². The lowest BCUT2D eigenvalue weighted by molar-refractivity contribution is -0.134. The molecule has 4 heteroatoms. The van der Waals surface area contributed by atoms with Gasteiger partial charge in [-0.1, -0.05) is 55.3 Å². The van der Waals surface area contributed by atoms with Crippen LogP contribution in [0.15, 0.2) is 42.5 Å². The fourth-order valence-corrected chi connectivity index (χ4v) is 3.73. The molecule has 0 spiro atoms. The molecule has 0 saturated carbocycles. The molecule has 0 unspecified atom stereocenters. The highest BCUT2D eigenvalue weighted by Gasteiger charge is 2.25. The summed E-state index contributed by atoms with van der Waals surface area (Å²) < 4.78 is 5.58. The summed E-state index contributed by atoms with van der Waals surface area (Å²) >= 11 is 6.43. The fourth-order valence-electron chi connectivity index (χ4n) is 3.51. The molecule has 1 aliphatic heterocycles. The molecular formula is C22H26ClNO2. The van der Waals surface area contributed by atoms with Crippen molar-refractivity contribution in [3.8, 4) is 5.75 Å². The van der Waals surface area contributed by atoms with E-state index in [4.69, 9.17) is 16.3 Å². The summed E-state index contributed by atoms with van der Waals surface area (Å²) in [5.41, 5.74) is 3.72. The van der Waals surface area contributed by atoms with Crippen LogP contribution in [0.5, 0.6) is 5.75 Å². The second-order valence-electron chi connectivity index (χ2n) is 7.03. The number of carbonyl (C=O) groups excluding carboxylic acids is 1. The number of nitrogens with zero attached hydrogens (tertiary/aromatic N) is 1. The number of esters is 1. The Morgan fingerprint density at radius 2 is 2.04 bits per heavy atom. The number of halogens is 1. The Bertz CT molecular complexity index is 760. The van der Waals surface area contributed by atoms with Gasteiger partial charge in [0.05, 0.1) is 5.02 Å². The quantitative estimate of drug-likeness (QED) is 0.543. The van der Waals surface area contributed by atoms with Crippen molar-refractivity contribution in [1.82, 2.24) is 4.90 Å². The third-order valence-corrected chi connectivity index (χ3v) is 5.28. The SMILES string of the molecule is CCCCC(=O)Oc1cc2c(cc1Cl)CCN(C)C[C@H]2c1ccccc1. The average molecular weight is 372 g/mol. The average Bonchev–Trinajstić information content (AvgIpc) is 2.80. The van der Waals surface area contributed by atoms with E-state index in [0.717, 1.165) is 32.4 Å². The number of likely N-dealkylation sites (N-methyl/N-ethyl adjacent to an activating group) is 1. The van der Waals surface area contributed by atoms with Crippen LogP contribution in [0.2, 0.25) is 5.02 Å². The minimum Gasteiger partial charge on any atom is -0.425 e. The molecule has 3 nitrogen and oxygen atoms in total. The summed E-state index contributed by atoms with van der Waals surface area (Å²) in [5, 5.41) is 0.518. The van der Waals surface area contributed by atoms with E-state index in [1.165, 1.54) is 16.7 Å². The summed E-state index contributed by atoms with van der Waals surface area (Å²) in [4.78, 5) is 14.4. The lowest BCUT2D eigenvalue weighted by atomic mass is 9.88. The van der Waals surface area contributed by atoms with Crippen LogP contribution in [0.1, 0.15) is 48.8 Å². The molecule has 1 heterocycles. The van der Waals surface area contributed by atoms with Crippen LogP contribution in [0.25, 0.3) is 0 Å². The molecule has 0 aromatic heterocycles. The highest BCUT2D eigenvalue weighted by Crippen LogP contribution is 2.37. The molecule has 0 bridgehead atoms. The summed E-state index contributed by atoms with van der Waals surface area (Å²) in [5.74, 6) is 0.511. The lowest BCUT2D eigenvalue weighted by Gasteiger charge is -2.22. The molecule has 3 rings (SSSR count). The van der Waals surface area contributed by atoms with Crippen molar-refractivity contribution in [1.29, 1.82) is 0 Å². The van der Waals surface area contributed by atoms with Gasteiger partial charge in [-0.3, -0.25) is 4.79 Å². The van der Waals surface area contributed by atoms with Crippen molar-refractivity contribution >= 4 is 17.6 Å². The van der Waals surface area contributed by atoms with Crippen LogP contribution in [0, 0.1) is 0 Å². The normalized spacial score (nSPS) is 17.4. The van der Waals surface area contributed by atoms with Gasteiger partial charge in [0.1, 0.15) is 5.75 Å². The Labute approximate surface area is 160 Å². The Morgan fingerprint density at radius 3 is 2.77 bits per heavy atom. The van der Waals surface area contributed by atoms with Crippen molar-refractivity contribution in [3.05, 3.63) is 64.2 Å². The van der Waals surface area contributed by atoms with E-state index in [9.17, 15) is 4.79 Å². The van der Waals surface area contributed by atoms with E-state index in [0.29, 0.717) is 17.2 Å². The predicted octanol–water partition coefficient (Wildman–Crippen LogP) is 5.06. The number of ether oxygens (including phenoxy) is 1. The molecule has 2 aromatic carbocycles. The van der Waals surface area contributed by atoms with Gasteiger partial charge in [-0.2, -0.15) is 0 Å². The van der Waals surface area contributed by atoms with Gasteiger partial charge in [-0.15, -0.1) is 0 Å². The standard InChI is InChI=1S/C22H26ClNO2/c1-3-4-10-22(25)26-21-14-18-17(13-20(21)23)11-12-24(2)15-19(18)16-8-6-5-7-9-16/h5-9,13-14,19H,3-4,10-12,15H2,1-2H3/t19-/m0/s1. The number of rotatable bonds is 5. The van der Waals surface area contributed by atoms with E-state index in [1.54, 1.807) is 0 Å². The summed E-state index contributed by atoms with van der Waals surface area (Å²) in [6.45, 7) is 3.98. The number of hydrogen-bond donors (Lipinski definition) is 0. The van der Waals surface area contributed by atoms with Gasteiger partial charge in [-0.25, -0.2) is 0 Å². The zero-order chi connectivity index (χ0) is 18.5. The highest BCUT2D eigenvalue weighted by molar-refractivity contribution is 6.32. The minimum absolute atomic E-state index is 0.212. The first-order valence-corrected chi connectivity index (χ1v) is 9.72. The second kappa shape index (κ2) is 8.70. The van der Waals surface area contributed by atoms with Crippen LogP contribution in [-0.2, 0) is 11.2 Å². The largest absolute Gasteiger partial charge is 0.425 e. The molecule has 1 atom stereocenters. The summed E-state index contributed by atoms with van der Waals surface area (Å²) in [6.07, 6.45) is 3.17. The van der Waals surface area contributed by atoms with Gasteiger partial charge >= 0.3 is 5.97 Å². The van der Waals surface area contributed by atoms with Crippen LogP contribution in [0.3, 0.4) is 0 Å². The molecule has 1 aliphatic rings. The fraction of sp³-hybridized carbons (Fsp3) is 0.409. The highest BCUT2D eigenvalue weighted by atomic mass is 35.5. The van der Waals surface area contributed by atoms with Gasteiger partial charge in [0.2, 0.25) is 0 Å². The molecule has 138 valence electrons. The molecule has 0 N–H and O–H groups in total. The molecule has 0 radical (unpaired) electrons. The first-order chi connectivity index (χ1) is 12.6. The Morgan fingerprint density at radius 1 is 1.27 bits per heavy atom. The van der Waals surface area contributed by atoms with Crippen molar-refractivity contribution in [2.24, 2.45) is 0 Å². The van der Waals surface area contributed by atoms with E-state index in [-0.39, 0.29) is 11.9 Å². The van der Waals surface area contributed by atoms with Crippen molar-refractivity contribution in [2.45, 2.75) is 38.5 Å². The zero-order valence-electron chi connectivity index (χ0n) is 15.5. The molecule has 2 aromatic rings. The molecule has 0 amide bonds. The van der Waals surface area contributed by atoms with Crippen molar-refractivity contribution in [3.63, 3.8) is 0 Å². The van der Waals surface area contributed by atoms with Crippen molar-refractivity contribution in [2.75, 3.05) is 20.1 Å². The maximum Gasteiger partial charge on any atom is 0.311 e. The van der Waals surface area contributed by atoms with Gasteiger partial charge in [0.15, 0.2) is 0 Å². The predicted molar refractivity (Wildman–Crippen MR) is 106 cm³/mol. The Kier molecular flexibility index (Phi) is 6.33. The van der Waals surface area contributed by atoms with Crippen LogP contribution in [-0.4, -0.2) is 31.0 Å². The maximum absolute atomic E-state index is 12.1. The minimum atomic E-state index is -0.212. The maximum atomic E-state index is 12.1. The Balaban J connectivity index is 1.96. The smallest absolute Gasteiger partial charge is 0.311 e. The molecule has 0 aliphatic carbocycles. The third kappa shape index (κ3) is 4.46. The number of unbranched alkanes of at least 4 members (excludes halogenated alkanes) is 1. The zero-order valence-corrected chi connectivity index (χ0v) is 16.3. The van der Waals surface area contributed by atoms with Crippen LogP contribution in [0.4, 0.5) is 0 Å². The van der Waals surface area contributed by atoms with Crippen LogP contribution < -0.4 is 4.74 Å².